The second kappa shape index (κ2) is 32.8. The first kappa shape index (κ1) is 65.6. The van der Waals surface area contributed by atoms with Gasteiger partial charge in [0.15, 0.2) is 11.7 Å². The molecule has 0 saturated carbocycles. The number of ether oxygens (including phenoxy) is 3. The number of aliphatic hydroxyl groups excluding tert-OH is 9. The first-order valence-corrected chi connectivity index (χ1v) is 26.3. The molecule has 422 valence electrons. The van der Waals surface area contributed by atoms with Gasteiger partial charge in [-0.05, 0) is 69.1 Å². The van der Waals surface area contributed by atoms with Crippen molar-refractivity contribution in [2.75, 3.05) is 6.54 Å². The first-order chi connectivity index (χ1) is 34.1. The third-order valence-electron chi connectivity index (χ3n) is 14.7. The van der Waals surface area contributed by atoms with E-state index in [1.165, 1.54) is 18.2 Å². The van der Waals surface area contributed by atoms with E-state index in [1.54, 1.807) is 33.8 Å². The molecule has 2 rings (SSSR count). The van der Waals surface area contributed by atoms with E-state index >= 15 is 0 Å². The lowest BCUT2D eigenvalue weighted by Crippen LogP contribution is -2.60. The zero-order valence-corrected chi connectivity index (χ0v) is 44.2. The van der Waals surface area contributed by atoms with E-state index < -0.39 is 139 Å². The van der Waals surface area contributed by atoms with Crippen molar-refractivity contribution in [2.45, 2.75) is 224 Å². The van der Waals surface area contributed by atoms with Crippen LogP contribution in [0.1, 0.15) is 145 Å². The molecule has 0 spiro atoms. The molecule has 15 N–H and O–H groups in total. The number of fused-ring (bicyclic) bond motifs is 2. The minimum Gasteiger partial charge on any atom is -0.481 e. The Morgan fingerprint density at radius 2 is 1.42 bits per heavy atom. The van der Waals surface area contributed by atoms with Gasteiger partial charge in [-0.3, -0.25) is 14.6 Å². The number of hydrogen-bond acceptors (Lipinski definition) is 17. The van der Waals surface area contributed by atoms with Crippen LogP contribution >= 0.6 is 0 Å². The van der Waals surface area contributed by atoms with Crippen molar-refractivity contribution in [3.05, 3.63) is 36.5 Å². The Balaban J connectivity index is 2.42. The summed E-state index contributed by atoms with van der Waals surface area (Å²) in [5.74, 6) is -8.90. The highest BCUT2D eigenvalue weighted by atomic mass is 16.7. The SMILES string of the molecule is CC(CCC/C=C/CCCN=C(N)N)CC(C)C1OC(=O)/C=C/C(C)C(O)CC(O)C(C)C(O)CCC(C)C(O)CC2(O)OC(CC(OC(=O)CC(=O)O)CC(O)CC(O)C(C)C(O)/C=C\C1C)CC(O)C2O. The maximum Gasteiger partial charge on any atom is 0.330 e. The molecule has 20 nitrogen and oxygen atoms in total. The van der Waals surface area contributed by atoms with E-state index in [0.717, 1.165) is 32.1 Å². The van der Waals surface area contributed by atoms with Crippen LogP contribution in [-0.4, -0.2) is 166 Å². The number of nitrogens with two attached hydrogens (primary N) is 2. The number of unbranched alkanes of at least 4 members (excludes halogenated alkanes) is 2. The van der Waals surface area contributed by atoms with Gasteiger partial charge in [-0.25, -0.2) is 4.79 Å². The number of carbonyl (C=O) groups excluding carboxylic acids is 2. The van der Waals surface area contributed by atoms with Gasteiger partial charge < -0.3 is 81.8 Å². The highest BCUT2D eigenvalue weighted by Crippen LogP contribution is 2.36. The molecule has 1 fully saturated rings. The quantitative estimate of drug-likeness (QED) is 0.0297. The zero-order chi connectivity index (χ0) is 55.2. The minimum absolute atomic E-state index is 0.0758. The van der Waals surface area contributed by atoms with Gasteiger partial charge in [0.25, 0.3) is 0 Å². The summed E-state index contributed by atoms with van der Waals surface area (Å²) in [5, 5.41) is 121. The van der Waals surface area contributed by atoms with Crippen molar-refractivity contribution >= 4 is 23.9 Å². The summed E-state index contributed by atoms with van der Waals surface area (Å²) in [4.78, 5) is 41.4. The van der Waals surface area contributed by atoms with Crippen LogP contribution in [0.15, 0.2) is 41.4 Å². The third kappa shape index (κ3) is 24.3. The van der Waals surface area contributed by atoms with Crippen LogP contribution in [0.2, 0.25) is 0 Å². The molecule has 0 aromatic heterocycles. The molecule has 73 heavy (non-hydrogen) atoms. The van der Waals surface area contributed by atoms with Crippen molar-refractivity contribution in [1.29, 1.82) is 0 Å². The van der Waals surface area contributed by atoms with Crippen LogP contribution in [0.5, 0.6) is 0 Å². The zero-order valence-electron chi connectivity index (χ0n) is 44.2. The molecule has 0 aliphatic carbocycles. The molecular weight excluding hydrogens is 951 g/mol. The summed E-state index contributed by atoms with van der Waals surface area (Å²) in [6.07, 6.45) is -2.69. The number of carbonyl (C=O) groups is 3. The smallest absolute Gasteiger partial charge is 0.330 e. The van der Waals surface area contributed by atoms with E-state index in [4.69, 9.17) is 25.7 Å². The Kier molecular flexibility index (Phi) is 29.5. The number of guanidine groups is 1. The molecule has 0 radical (unpaired) electrons. The molecule has 2 aliphatic heterocycles. The molecule has 2 heterocycles. The van der Waals surface area contributed by atoms with Crippen molar-refractivity contribution in [3.8, 4) is 0 Å². The summed E-state index contributed by atoms with van der Waals surface area (Å²) in [6.45, 7) is 13.0. The van der Waals surface area contributed by atoms with Gasteiger partial charge in [-0.1, -0.05) is 85.3 Å². The summed E-state index contributed by atoms with van der Waals surface area (Å²) in [6, 6.07) is 0. The van der Waals surface area contributed by atoms with Gasteiger partial charge in [-0.15, -0.1) is 0 Å². The lowest BCUT2D eigenvalue weighted by Gasteiger charge is -2.45. The van der Waals surface area contributed by atoms with Crippen molar-refractivity contribution in [1.82, 2.24) is 0 Å². The summed E-state index contributed by atoms with van der Waals surface area (Å²) < 4.78 is 17.4. The first-order valence-electron chi connectivity index (χ1n) is 26.3. The molecular formula is C53H93N3O17. The van der Waals surface area contributed by atoms with E-state index in [0.29, 0.717) is 13.0 Å². The molecule has 20 atom stereocenters. The number of aliphatic carboxylic acids is 1. The standard InChI is InChI=1S/C53H93N3O17/c1-30(14-12-10-8-9-11-13-21-56-52(54)55)22-34(5)50-33(4)16-19-41(59)35(6)43(61)24-37(57)23-38(71-49(68)28-47(65)66)25-39-26-45(63)51(69)53(70,73-39)29-46(64)32(3)15-18-40(58)36(7)44(62)27-42(60)31(2)17-20-48(67)72-50/h8-9,16-17,19-20,30-46,50-51,57-64,69-70H,10-15,18,21-29H2,1-7H3,(H,65,66)(H4,54,55,56)/b9-8+,19-16-,20-17+. The molecule has 2 bridgehead atoms. The highest BCUT2D eigenvalue weighted by molar-refractivity contribution is 5.90. The maximum absolute atomic E-state index is 13.5. The predicted molar refractivity (Wildman–Crippen MR) is 273 cm³/mol. The average molecular weight is 1040 g/mol. The number of cyclic esters (lactones) is 1. The summed E-state index contributed by atoms with van der Waals surface area (Å²) in [5.41, 5.74) is 10.8. The van der Waals surface area contributed by atoms with E-state index in [9.17, 15) is 70.6 Å². The Morgan fingerprint density at radius 1 is 0.781 bits per heavy atom. The molecule has 2 aliphatic rings. The van der Waals surface area contributed by atoms with Crippen LogP contribution in [-0.2, 0) is 28.6 Å². The highest BCUT2D eigenvalue weighted by Gasteiger charge is 2.50. The normalized spacial score (nSPS) is 38.3. The predicted octanol–water partition coefficient (Wildman–Crippen LogP) is 2.49. The van der Waals surface area contributed by atoms with Crippen LogP contribution < -0.4 is 11.5 Å². The number of esters is 2. The van der Waals surface area contributed by atoms with Gasteiger partial charge in [0.05, 0.1) is 54.9 Å². The van der Waals surface area contributed by atoms with Crippen LogP contribution in [0.25, 0.3) is 0 Å². The molecule has 0 amide bonds. The van der Waals surface area contributed by atoms with E-state index in [1.807, 2.05) is 13.8 Å². The summed E-state index contributed by atoms with van der Waals surface area (Å²) in [7, 11) is 0. The number of nitrogens with zero attached hydrogens (tertiary/aromatic N) is 1. The largest absolute Gasteiger partial charge is 0.481 e. The Bertz CT molecular complexity index is 1750. The van der Waals surface area contributed by atoms with Gasteiger partial charge >= 0.3 is 17.9 Å². The Labute approximate surface area is 432 Å². The maximum atomic E-state index is 13.5. The fraction of sp³-hybridized carbons (Fsp3) is 0.811. The molecule has 20 heteroatoms. The van der Waals surface area contributed by atoms with Crippen molar-refractivity contribution < 1.29 is 84.8 Å². The van der Waals surface area contributed by atoms with Crippen LogP contribution in [0.4, 0.5) is 0 Å². The molecule has 1 saturated heterocycles. The Morgan fingerprint density at radius 3 is 2.07 bits per heavy atom. The van der Waals surface area contributed by atoms with Crippen molar-refractivity contribution in [3.63, 3.8) is 0 Å². The second-order valence-electron chi connectivity index (χ2n) is 21.4. The number of carboxylic acid groups (broad SMARTS) is 1. The lowest BCUT2D eigenvalue weighted by molar-refractivity contribution is -0.333. The minimum atomic E-state index is -2.52. The van der Waals surface area contributed by atoms with Gasteiger partial charge in [0, 0.05) is 68.4 Å². The van der Waals surface area contributed by atoms with Crippen molar-refractivity contribution in [2.24, 2.45) is 57.9 Å². The number of aliphatic imine (C=N–C) groups is 1. The Hall–Kier alpha value is -3.54. The number of hydrogen-bond donors (Lipinski definition) is 13. The van der Waals surface area contributed by atoms with Gasteiger partial charge in [0.1, 0.15) is 24.7 Å². The monoisotopic (exact) mass is 1040 g/mol. The average Bonchev–Trinajstić information content (AvgIpc) is 3.30. The fourth-order valence-corrected chi connectivity index (χ4v) is 9.67. The fourth-order valence-electron chi connectivity index (χ4n) is 9.67. The van der Waals surface area contributed by atoms with Crippen LogP contribution in [0, 0.1) is 41.4 Å². The van der Waals surface area contributed by atoms with E-state index in [2.05, 4.69) is 24.1 Å². The molecule has 0 aromatic carbocycles. The van der Waals surface area contributed by atoms with Gasteiger partial charge in [0.2, 0.25) is 0 Å². The number of allylic oxidation sites excluding steroid dienone is 2. The van der Waals surface area contributed by atoms with Crippen LogP contribution in [0.3, 0.4) is 0 Å². The second-order valence-corrected chi connectivity index (χ2v) is 21.4. The number of aliphatic hydroxyl groups is 10. The van der Waals surface area contributed by atoms with E-state index in [-0.39, 0.29) is 62.7 Å². The molecule has 0 aromatic rings. The topological polar surface area (TPSA) is 366 Å². The van der Waals surface area contributed by atoms with Gasteiger partial charge in [-0.2, -0.15) is 0 Å². The third-order valence-corrected chi connectivity index (χ3v) is 14.7. The molecule has 20 unspecified atom stereocenters. The summed E-state index contributed by atoms with van der Waals surface area (Å²) >= 11 is 0. The lowest BCUT2D eigenvalue weighted by atomic mass is 9.83. The number of carboxylic acids is 1. The number of rotatable bonds is 14.